The fourth-order valence-corrected chi connectivity index (χ4v) is 6.21. The van der Waals surface area contributed by atoms with Gasteiger partial charge in [0.25, 0.3) is 0 Å². The normalized spacial score (nSPS) is 27.1. The van der Waals surface area contributed by atoms with E-state index < -0.39 is 65.7 Å². The van der Waals surface area contributed by atoms with Gasteiger partial charge in [-0.05, 0) is 72.7 Å². The van der Waals surface area contributed by atoms with Gasteiger partial charge in [-0.2, -0.15) is 0 Å². The first-order valence-corrected chi connectivity index (χ1v) is 16.4. The van der Waals surface area contributed by atoms with Gasteiger partial charge in [0.1, 0.15) is 35.7 Å². The number of alkyl carbamates (subject to hydrolysis) is 1. The molecule has 0 saturated carbocycles. The molecule has 2 amide bonds. The third-order valence-corrected chi connectivity index (χ3v) is 9.71. The third kappa shape index (κ3) is 9.50. The number of methoxy groups -OCH3 is 2. The number of aliphatic hydroxyl groups is 1. The lowest BCUT2D eigenvalue weighted by Gasteiger charge is -2.42. The van der Waals surface area contributed by atoms with E-state index in [1.807, 2.05) is 64.8 Å². The molecule has 0 radical (unpaired) electrons. The molecule has 3 rings (SSSR count). The van der Waals surface area contributed by atoms with E-state index in [9.17, 15) is 19.5 Å². The van der Waals surface area contributed by atoms with Gasteiger partial charge in [-0.1, -0.05) is 48.4 Å². The number of benzene rings is 1. The van der Waals surface area contributed by atoms with Crippen molar-refractivity contribution in [1.29, 1.82) is 0 Å². The van der Waals surface area contributed by atoms with Gasteiger partial charge in [0.15, 0.2) is 5.72 Å². The van der Waals surface area contributed by atoms with Crippen LogP contribution in [0.15, 0.2) is 42.0 Å². The van der Waals surface area contributed by atoms with Crippen molar-refractivity contribution in [2.75, 3.05) is 21.3 Å². The fraction of sp³-hybridized carbons (Fsp3) is 0.629. The summed E-state index contributed by atoms with van der Waals surface area (Å²) in [6.45, 7) is 13.2. The standard InChI is InChI=1S/C35H52ClN3O9/c1-20(16-23-14-15-24(36)25(17-23)44-9)12-11-13-27(45-10)35(43)19-26(46-32(42)38-35)21(2)30-34(7,48-30)28(18-29(37)40)47-31(41)22(3)39(8)33(4,5)6/h11-15,17,21-22,26-28,30,43H,16,18-19H2,1-10H3,(H2,37,40)(H,38,42)/b13-11+,20-12+/t21-,22+,26?,27-,28+,30+,34+,35+/m1/s1. The highest BCUT2D eigenvalue weighted by molar-refractivity contribution is 6.32. The van der Waals surface area contributed by atoms with Gasteiger partial charge in [0.05, 0.1) is 24.7 Å². The predicted octanol–water partition coefficient (Wildman–Crippen LogP) is 4.30. The molecule has 4 N–H and O–H groups in total. The van der Waals surface area contributed by atoms with Crippen LogP contribution >= 0.6 is 11.6 Å². The van der Waals surface area contributed by atoms with Crippen LogP contribution in [0.1, 0.15) is 66.9 Å². The predicted molar refractivity (Wildman–Crippen MR) is 181 cm³/mol. The molecule has 0 aliphatic carbocycles. The van der Waals surface area contributed by atoms with Gasteiger partial charge >= 0.3 is 12.1 Å². The van der Waals surface area contributed by atoms with E-state index in [0.29, 0.717) is 17.2 Å². The molecule has 0 bridgehead atoms. The van der Waals surface area contributed by atoms with Crippen LogP contribution in [-0.2, 0) is 35.0 Å². The summed E-state index contributed by atoms with van der Waals surface area (Å²) >= 11 is 6.14. The van der Waals surface area contributed by atoms with Crippen molar-refractivity contribution < 1.29 is 43.2 Å². The number of carbonyl (C=O) groups is 3. The Morgan fingerprint density at radius 2 is 1.94 bits per heavy atom. The Hall–Kier alpha value is -3.16. The quantitative estimate of drug-likeness (QED) is 0.137. The van der Waals surface area contributed by atoms with Crippen LogP contribution in [0.5, 0.6) is 5.75 Å². The van der Waals surface area contributed by atoms with Crippen molar-refractivity contribution >= 4 is 29.6 Å². The Bertz CT molecular complexity index is 1400. The van der Waals surface area contributed by atoms with E-state index in [4.69, 9.17) is 41.0 Å². The monoisotopic (exact) mass is 693 g/mol. The number of rotatable bonds is 15. The Morgan fingerprint density at radius 1 is 1.27 bits per heavy atom. The lowest BCUT2D eigenvalue weighted by molar-refractivity contribution is -0.160. The summed E-state index contributed by atoms with van der Waals surface area (Å²) < 4.78 is 28.5. The van der Waals surface area contributed by atoms with Crippen molar-refractivity contribution in [2.45, 2.75) is 115 Å². The zero-order valence-electron chi connectivity index (χ0n) is 29.7. The van der Waals surface area contributed by atoms with Gasteiger partial charge in [-0.25, -0.2) is 4.79 Å². The van der Waals surface area contributed by atoms with Gasteiger partial charge in [-0.15, -0.1) is 0 Å². The molecule has 13 heteroatoms. The number of carbonyl (C=O) groups excluding carboxylic acids is 3. The number of nitrogens with one attached hydrogen (secondary N) is 1. The molecule has 268 valence electrons. The number of amides is 2. The van der Waals surface area contributed by atoms with Crippen LogP contribution in [0.25, 0.3) is 0 Å². The second-order valence-electron chi connectivity index (χ2n) is 14.0. The van der Waals surface area contributed by atoms with Crippen LogP contribution in [0.4, 0.5) is 4.79 Å². The maximum Gasteiger partial charge on any atom is 0.409 e. The van der Waals surface area contributed by atoms with Crippen LogP contribution in [-0.4, -0.2) is 96.6 Å². The van der Waals surface area contributed by atoms with E-state index in [-0.39, 0.29) is 18.4 Å². The molecule has 2 saturated heterocycles. The number of hydrogen-bond donors (Lipinski definition) is 3. The summed E-state index contributed by atoms with van der Waals surface area (Å²) in [6.07, 6.45) is 1.60. The number of cyclic esters (lactones) is 1. The first-order chi connectivity index (χ1) is 22.2. The molecular formula is C35H52ClN3O9. The molecule has 2 fully saturated rings. The molecule has 0 aromatic heterocycles. The van der Waals surface area contributed by atoms with Crippen molar-refractivity contribution in [2.24, 2.45) is 11.7 Å². The second kappa shape index (κ2) is 15.6. The highest BCUT2D eigenvalue weighted by atomic mass is 35.5. The average Bonchev–Trinajstić information content (AvgIpc) is 3.69. The molecule has 2 aliphatic rings. The molecule has 12 nitrogen and oxygen atoms in total. The maximum absolute atomic E-state index is 13.2. The Kier molecular flexibility index (Phi) is 12.8. The topological polar surface area (TPSA) is 162 Å². The zero-order valence-corrected chi connectivity index (χ0v) is 30.4. The van der Waals surface area contributed by atoms with Crippen molar-refractivity contribution in [3.63, 3.8) is 0 Å². The number of nitrogens with two attached hydrogens (primary N) is 1. The number of likely N-dealkylation sites (N-methyl/N-ethyl adjacent to an activating group) is 1. The number of nitrogens with zero attached hydrogens (tertiary/aromatic N) is 1. The van der Waals surface area contributed by atoms with Crippen molar-refractivity contribution in [3.8, 4) is 5.75 Å². The summed E-state index contributed by atoms with van der Waals surface area (Å²) in [6, 6.07) is 4.99. The number of epoxide rings is 1. The first-order valence-electron chi connectivity index (χ1n) is 16.1. The van der Waals surface area contributed by atoms with E-state index in [0.717, 1.165) is 11.1 Å². The van der Waals surface area contributed by atoms with Crippen molar-refractivity contribution in [1.82, 2.24) is 10.2 Å². The molecule has 0 spiro atoms. The number of halogens is 1. The summed E-state index contributed by atoms with van der Waals surface area (Å²) in [5.74, 6) is -1.03. The van der Waals surface area contributed by atoms with Crippen LogP contribution in [0, 0.1) is 5.92 Å². The zero-order chi connectivity index (χ0) is 36.2. The highest BCUT2D eigenvalue weighted by Gasteiger charge is 2.64. The number of ether oxygens (including phenoxy) is 5. The summed E-state index contributed by atoms with van der Waals surface area (Å²) in [7, 11) is 4.82. The SMILES string of the molecule is COc1cc(C/C(C)=C/C=C/[C@@H](OC)[C@@]2(O)CC([C@@H](C)[C@@H]3O[C@@]3(C)[C@H](CC(N)=O)OC(=O)[C@H](C)N(C)C(C)(C)C)OC(=O)N2)ccc1Cl. The smallest absolute Gasteiger partial charge is 0.409 e. The molecule has 2 heterocycles. The highest BCUT2D eigenvalue weighted by Crippen LogP contribution is 2.48. The third-order valence-electron chi connectivity index (χ3n) is 9.40. The number of primary amides is 1. The molecule has 1 aromatic carbocycles. The number of hydrogen-bond acceptors (Lipinski definition) is 10. The van der Waals surface area contributed by atoms with Crippen molar-refractivity contribution in [3.05, 3.63) is 52.6 Å². The number of esters is 1. The molecule has 2 aliphatic heterocycles. The molecule has 48 heavy (non-hydrogen) atoms. The summed E-state index contributed by atoms with van der Waals surface area (Å²) in [4.78, 5) is 39.8. The van der Waals surface area contributed by atoms with E-state index in [2.05, 4.69) is 5.32 Å². The Morgan fingerprint density at radius 3 is 2.52 bits per heavy atom. The minimum atomic E-state index is -1.80. The van der Waals surface area contributed by atoms with Gasteiger partial charge in [-0.3, -0.25) is 19.8 Å². The lowest BCUT2D eigenvalue weighted by Crippen LogP contribution is -2.63. The van der Waals surface area contributed by atoms with E-state index in [1.54, 1.807) is 39.2 Å². The minimum Gasteiger partial charge on any atom is -0.495 e. The second-order valence-corrected chi connectivity index (χ2v) is 14.4. The molecule has 1 unspecified atom stereocenters. The van der Waals surface area contributed by atoms with E-state index in [1.165, 1.54) is 7.11 Å². The fourth-order valence-electron chi connectivity index (χ4n) is 6.02. The molecule has 1 aromatic rings. The van der Waals surface area contributed by atoms with E-state index >= 15 is 0 Å². The lowest BCUT2D eigenvalue weighted by atomic mass is 9.83. The summed E-state index contributed by atoms with van der Waals surface area (Å²) in [5.41, 5.74) is 4.40. The van der Waals surface area contributed by atoms with Crippen LogP contribution in [0.2, 0.25) is 5.02 Å². The van der Waals surface area contributed by atoms with Crippen LogP contribution in [0.3, 0.4) is 0 Å². The minimum absolute atomic E-state index is 0.0281. The summed E-state index contributed by atoms with van der Waals surface area (Å²) in [5, 5.41) is 14.7. The first kappa shape index (κ1) is 39.3. The van der Waals surface area contributed by atoms with Gasteiger partial charge in [0, 0.05) is 25.0 Å². The average molecular weight is 694 g/mol. The van der Waals surface area contributed by atoms with Crippen LogP contribution < -0.4 is 15.8 Å². The Labute approximate surface area is 288 Å². The molecular weight excluding hydrogens is 642 g/mol. The number of allylic oxidation sites excluding steroid dienone is 3. The van der Waals surface area contributed by atoms with Gasteiger partial charge < -0.3 is 34.5 Å². The maximum atomic E-state index is 13.2. The Balaban J connectivity index is 1.72. The largest absolute Gasteiger partial charge is 0.495 e. The molecule has 8 atom stereocenters. The van der Waals surface area contributed by atoms with Gasteiger partial charge in [0.2, 0.25) is 5.91 Å².